The Morgan fingerprint density at radius 1 is 0.649 bits per heavy atom. The lowest BCUT2D eigenvalue weighted by Gasteiger charge is -2.28. The van der Waals surface area contributed by atoms with Crippen LogP contribution < -0.4 is 4.89 Å². The van der Waals surface area contributed by atoms with Gasteiger partial charge in [-0.05, 0) is 77.0 Å². The molecule has 10 nitrogen and oxygen atoms in total. The van der Waals surface area contributed by atoms with E-state index in [0.29, 0.717) is 42.5 Å². The van der Waals surface area contributed by atoms with Gasteiger partial charge in [0.25, 0.3) is 7.82 Å². The molecule has 0 aromatic carbocycles. The summed E-state index contributed by atoms with van der Waals surface area (Å²) in [7, 11) is 1.11. The fraction of sp³-hybridized carbons (Fsp3) is 0.739. The van der Waals surface area contributed by atoms with Crippen LogP contribution in [0.2, 0.25) is 0 Å². The Morgan fingerprint density at radius 3 is 1.79 bits per heavy atom. The zero-order valence-electron chi connectivity index (χ0n) is 36.5. The Kier molecular flexibility index (Phi) is 31.9. The van der Waals surface area contributed by atoms with Gasteiger partial charge in [-0.3, -0.25) is 14.2 Å². The second-order valence-corrected chi connectivity index (χ2v) is 17.5. The van der Waals surface area contributed by atoms with Crippen LogP contribution in [0, 0.1) is 0 Å². The summed E-state index contributed by atoms with van der Waals surface area (Å²) in [6, 6.07) is 0. The largest absolute Gasteiger partial charge is 0.756 e. The Hall–Kier alpha value is -2.33. The SMILES string of the molecule is CC/C=C\C/C=C\CC1OC1C/C=C\C/C=C\CCCC(=O)OC(COC(=O)CCCCCCC/C=C\CCCCCCCC)COP(=O)([O-])OCC[N+](C)(C)C. The van der Waals surface area contributed by atoms with Crippen molar-refractivity contribution in [2.75, 3.05) is 47.5 Å². The van der Waals surface area contributed by atoms with Gasteiger partial charge in [-0.15, -0.1) is 0 Å². The van der Waals surface area contributed by atoms with E-state index in [1.807, 2.05) is 27.2 Å². The molecule has 0 aliphatic carbocycles. The molecule has 1 saturated heterocycles. The normalized spacial score (nSPS) is 17.7. The van der Waals surface area contributed by atoms with Crippen molar-refractivity contribution in [3.63, 3.8) is 0 Å². The summed E-state index contributed by atoms with van der Waals surface area (Å²) in [5.74, 6) is -0.923. The molecule has 4 atom stereocenters. The first-order chi connectivity index (χ1) is 27.5. The molecule has 11 heteroatoms. The Balaban J connectivity index is 2.34. The number of hydrogen-bond acceptors (Lipinski definition) is 9. The molecule has 0 saturated carbocycles. The van der Waals surface area contributed by atoms with Crippen LogP contribution in [0.15, 0.2) is 60.8 Å². The predicted molar refractivity (Wildman–Crippen MR) is 231 cm³/mol. The summed E-state index contributed by atoms with van der Waals surface area (Å²) in [4.78, 5) is 37.5. The number of nitrogens with zero attached hydrogens (tertiary/aromatic N) is 1. The van der Waals surface area contributed by atoms with E-state index in [9.17, 15) is 19.0 Å². The van der Waals surface area contributed by atoms with E-state index in [1.54, 1.807) is 0 Å². The quantitative estimate of drug-likeness (QED) is 0.0149. The number of phosphoric ester groups is 1. The maximum atomic E-state index is 12.7. The summed E-state index contributed by atoms with van der Waals surface area (Å²) >= 11 is 0. The predicted octanol–water partition coefficient (Wildman–Crippen LogP) is 10.8. The molecular weight excluding hydrogens is 741 g/mol. The van der Waals surface area contributed by atoms with E-state index in [2.05, 4.69) is 68.5 Å². The molecule has 1 aliphatic heterocycles. The van der Waals surface area contributed by atoms with Gasteiger partial charge < -0.3 is 32.6 Å². The molecular formula is C46H80NO9P. The van der Waals surface area contributed by atoms with Gasteiger partial charge in [0.1, 0.15) is 19.8 Å². The molecule has 0 aromatic rings. The van der Waals surface area contributed by atoms with Gasteiger partial charge in [0, 0.05) is 12.8 Å². The standard InChI is InChI=1S/C46H80NO9P/c1-6-8-10-12-14-15-16-17-18-19-20-21-24-28-32-36-45(48)52-40-42(41-54-57(50,51)53-39-38-47(3,4)5)55-46(49)37-33-29-25-22-23-27-31-35-44-43(56-44)34-30-26-13-11-9-7-2/h9,11,17-18,22,25-27,30-31,42-44H,6-8,10,12-16,19-21,23-24,28-29,32-41H2,1-5H3/b11-9-,18-17-,25-22-,30-26-,31-27-. The molecule has 1 fully saturated rings. The number of likely N-dealkylation sites (N-methyl/N-ethyl adjacent to an activating group) is 1. The average Bonchev–Trinajstić information content (AvgIpc) is 3.92. The van der Waals surface area contributed by atoms with Gasteiger partial charge in [-0.2, -0.15) is 0 Å². The highest BCUT2D eigenvalue weighted by molar-refractivity contribution is 7.45. The van der Waals surface area contributed by atoms with Crippen molar-refractivity contribution in [3.8, 4) is 0 Å². The number of quaternary nitrogens is 1. The second-order valence-electron chi connectivity index (χ2n) is 16.1. The number of ether oxygens (including phenoxy) is 3. The van der Waals surface area contributed by atoms with Crippen LogP contribution in [0.1, 0.15) is 155 Å². The number of rotatable bonds is 38. The molecule has 0 bridgehead atoms. The topological polar surface area (TPSA) is 124 Å². The van der Waals surface area contributed by atoms with Crippen molar-refractivity contribution in [2.24, 2.45) is 0 Å². The molecule has 57 heavy (non-hydrogen) atoms. The highest BCUT2D eigenvalue weighted by Gasteiger charge is 2.36. The van der Waals surface area contributed by atoms with Gasteiger partial charge in [0.05, 0.1) is 40.0 Å². The van der Waals surface area contributed by atoms with Crippen LogP contribution in [0.5, 0.6) is 0 Å². The van der Waals surface area contributed by atoms with Gasteiger partial charge in [-0.25, -0.2) is 0 Å². The highest BCUT2D eigenvalue weighted by Crippen LogP contribution is 2.38. The molecule has 0 radical (unpaired) electrons. The van der Waals surface area contributed by atoms with Crippen molar-refractivity contribution >= 4 is 19.8 Å². The lowest BCUT2D eigenvalue weighted by Crippen LogP contribution is -2.37. The third kappa shape index (κ3) is 35.3. The molecule has 328 valence electrons. The number of epoxide rings is 1. The number of carbonyl (C=O) groups excluding carboxylic acids is 2. The average molecular weight is 822 g/mol. The summed E-state index contributed by atoms with van der Waals surface area (Å²) in [6.45, 7) is 4.00. The summed E-state index contributed by atoms with van der Waals surface area (Å²) in [6.07, 6.45) is 42.8. The third-order valence-electron chi connectivity index (χ3n) is 9.42. The molecule has 1 rings (SSSR count). The lowest BCUT2D eigenvalue weighted by atomic mass is 10.1. The number of unbranched alkanes of at least 4 members (excludes halogenated alkanes) is 12. The second kappa shape index (κ2) is 34.5. The number of allylic oxidation sites excluding steroid dienone is 8. The van der Waals surface area contributed by atoms with Gasteiger partial charge in [0.15, 0.2) is 6.10 Å². The Morgan fingerprint density at radius 2 is 1.18 bits per heavy atom. The minimum atomic E-state index is -4.65. The van der Waals surface area contributed by atoms with E-state index in [4.69, 9.17) is 23.3 Å². The minimum Gasteiger partial charge on any atom is -0.756 e. The molecule has 0 spiro atoms. The van der Waals surface area contributed by atoms with Crippen LogP contribution in [-0.2, 0) is 37.4 Å². The number of esters is 2. The molecule has 0 aromatic heterocycles. The first-order valence-electron chi connectivity index (χ1n) is 22.1. The van der Waals surface area contributed by atoms with Crippen molar-refractivity contribution in [3.05, 3.63) is 60.8 Å². The Bertz CT molecular complexity index is 1220. The first-order valence-corrected chi connectivity index (χ1v) is 23.6. The number of hydrogen-bond donors (Lipinski definition) is 0. The molecule has 0 amide bonds. The maximum Gasteiger partial charge on any atom is 0.306 e. The molecule has 1 aliphatic rings. The number of carbonyl (C=O) groups is 2. The monoisotopic (exact) mass is 822 g/mol. The van der Waals surface area contributed by atoms with Gasteiger partial charge in [-0.1, -0.05) is 126 Å². The fourth-order valence-electron chi connectivity index (χ4n) is 5.84. The summed E-state index contributed by atoms with van der Waals surface area (Å²) in [5, 5.41) is 0. The van der Waals surface area contributed by atoms with Gasteiger partial charge >= 0.3 is 11.9 Å². The van der Waals surface area contributed by atoms with E-state index in [-0.39, 0.29) is 26.1 Å². The summed E-state index contributed by atoms with van der Waals surface area (Å²) in [5.41, 5.74) is 0. The Labute approximate surface area is 347 Å². The van der Waals surface area contributed by atoms with Crippen molar-refractivity contribution in [2.45, 2.75) is 173 Å². The van der Waals surface area contributed by atoms with Crippen LogP contribution >= 0.6 is 7.82 Å². The molecule has 0 N–H and O–H groups in total. The van der Waals surface area contributed by atoms with Gasteiger partial charge in [0.2, 0.25) is 0 Å². The van der Waals surface area contributed by atoms with Crippen molar-refractivity contribution < 1.29 is 46.8 Å². The molecule has 4 unspecified atom stereocenters. The number of phosphoric acid groups is 1. The van der Waals surface area contributed by atoms with Crippen molar-refractivity contribution in [1.29, 1.82) is 0 Å². The zero-order chi connectivity index (χ0) is 41.9. The van der Waals surface area contributed by atoms with E-state index >= 15 is 0 Å². The van der Waals surface area contributed by atoms with Crippen LogP contribution in [0.25, 0.3) is 0 Å². The van der Waals surface area contributed by atoms with Crippen LogP contribution in [0.4, 0.5) is 0 Å². The minimum absolute atomic E-state index is 0.0478. The van der Waals surface area contributed by atoms with Crippen molar-refractivity contribution in [1.82, 2.24) is 0 Å². The zero-order valence-corrected chi connectivity index (χ0v) is 37.4. The van der Waals surface area contributed by atoms with E-state index in [1.165, 1.54) is 44.9 Å². The maximum absolute atomic E-state index is 12.7. The lowest BCUT2D eigenvalue weighted by molar-refractivity contribution is -0.870. The fourth-order valence-corrected chi connectivity index (χ4v) is 6.57. The van der Waals surface area contributed by atoms with Crippen LogP contribution in [0.3, 0.4) is 0 Å². The smallest absolute Gasteiger partial charge is 0.306 e. The summed E-state index contributed by atoms with van der Waals surface area (Å²) < 4.78 is 39.6. The molecule has 1 heterocycles. The third-order valence-corrected chi connectivity index (χ3v) is 10.4. The highest BCUT2D eigenvalue weighted by atomic mass is 31.2. The first kappa shape index (κ1) is 52.7. The van der Waals surface area contributed by atoms with E-state index < -0.39 is 32.5 Å². The van der Waals surface area contributed by atoms with E-state index in [0.717, 1.165) is 64.2 Å². The van der Waals surface area contributed by atoms with Crippen LogP contribution in [-0.4, -0.2) is 82.2 Å².